The van der Waals surface area contributed by atoms with Crippen LogP contribution in [0.1, 0.15) is 43.2 Å². The molecule has 1 amide bonds. The molecule has 1 heterocycles. The first-order valence-electron chi connectivity index (χ1n) is 7.94. The Labute approximate surface area is 134 Å². The van der Waals surface area contributed by atoms with Gasteiger partial charge in [0.15, 0.2) is 0 Å². The molecule has 0 saturated carbocycles. The van der Waals surface area contributed by atoms with Crippen LogP contribution in [0.25, 0.3) is 0 Å². The Hall–Kier alpha value is -1.56. The van der Waals surface area contributed by atoms with Gasteiger partial charge in [0.1, 0.15) is 0 Å². The van der Waals surface area contributed by atoms with E-state index in [0.29, 0.717) is 19.1 Å². The summed E-state index contributed by atoms with van der Waals surface area (Å²) in [5.74, 6) is -0.522. The molecule has 1 saturated heterocycles. The van der Waals surface area contributed by atoms with Crippen molar-refractivity contribution in [1.29, 1.82) is 0 Å². The number of alkyl halides is 3. The fourth-order valence-electron chi connectivity index (χ4n) is 3.10. The van der Waals surface area contributed by atoms with Gasteiger partial charge < -0.3 is 10.2 Å². The predicted octanol–water partition coefficient (Wildman–Crippen LogP) is 3.41. The number of rotatable bonds is 4. The van der Waals surface area contributed by atoms with E-state index >= 15 is 0 Å². The predicted molar refractivity (Wildman–Crippen MR) is 83.1 cm³/mol. The monoisotopic (exact) mass is 328 g/mol. The molecule has 128 valence electrons. The van der Waals surface area contributed by atoms with Gasteiger partial charge >= 0.3 is 6.18 Å². The molecule has 0 aliphatic carbocycles. The van der Waals surface area contributed by atoms with Crippen LogP contribution in [-0.4, -0.2) is 37.0 Å². The largest absolute Gasteiger partial charge is 0.416 e. The Balaban J connectivity index is 2.02. The minimum absolute atomic E-state index is 0.0657. The van der Waals surface area contributed by atoms with Gasteiger partial charge in [-0.3, -0.25) is 4.79 Å². The molecule has 2 rings (SSSR count). The van der Waals surface area contributed by atoms with Crippen molar-refractivity contribution in [3.05, 3.63) is 35.4 Å². The van der Waals surface area contributed by atoms with Crippen molar-refractivity contribution >= 4 is 5.91 Å². The van der Waals surface area contributed by atoms with Gasteiger partial charge in [0.05, 0.1) is 5.56 Å². The summed E-state index contributed by atoms with van der Waals surface area (Å²) in [5.41, 5.74) is -0.451. The molecule has 23 heavy (non-hydrogen) atoms. The molecule has 3 nitrogen and oxygen atoms in total. The van der Waals surface area contributed by atoms with Gasteiger partial charge in [-0.25, -0.2) is 0 Å². The van der Waals surface area contributed by atoms with E-state index in [1.165, 1.54) is 12.1 Å². The van der Waals surface area contributed by atoms with Gasteiger partial charge in [-0.2, -0.15) is 13.2 Å². The number of carbonyl (C=O) groups is 1. The second-order valence-electron chi connectivity index (χ2n) is 6.13. The van der Waals surface area contributed by atoms with Gasteiger partial charge in [0, 0.05) is 25.6 Å². The summed E-state index contributed by atoms with van der Waals surface area (Å²) < 4.78 is 39.2. The third-order valence-corrected chi connectivity index (χ3v) is 4.53. The Morgan fingerprint density at radius 2 is 1.91 bits per heavy atom. The lowest BCUT2D eigenvalue weighted by atomic mass is 9.92. The van der Waals surface area contributed by atoms with Crippen molar-refractivity contribution < 1.29 is 18.0 Å². The van der Waals surface area contributed by atoms with E-state index in [0.717, 1.165) is 18.9 Å². The minimum Gasteiger partial charge on any atom is -0.343 e. The number of piperidine rings is 1. The highest BCUT2D eigenvalue weighted by atomic mass is 19.4. The number of halogens is 3. The van der Waals surface area contributed by atoms with E-state index in [4.69, 9.17) is 0 Å². The zero-order chi connectivity index (χ0) is 17.0. The average molecular weight is 328 g/mol. The van der Waals surface area contributed by atoms with Crippen LogP contribution < -0.4 is 5.32 Å². The van der Waals surface area contributed by atoms with Crippen LogP contribution in [0.2, 0.25) is 0 Å². The smallest absolute Gasteiger partial charge is 0.343 e. The van der Waals surface area contributed by atoms with E-state index in [2.05, 4.69) is 5.32 Å². The number of carbonyl (C=O) groups excluding carboxylic acids is 1. The molecule has 1 atom stereocenters. The highest BCUT2D eigenvalue weighted by Crippen LogP contribution is 2.36. The van der Waals surface area contributed by atoms with Gasteiger partial charge in [-0.1, -0.05) is 25.1 Å². The maximum atomic E-state index is 13.1. The Kier molecular flexibility index (Phi) is 5.68. The normalized spacial score (nSPS) is 18.0. The maximum absolute atomic E-state index is 13.1. The van der Waals surface area contributed by atoms with E-state index in [-0.39, 0.29) is 17.9 Å². The second-order valence-corrected chi connectivity index (χ2v) is 6.13. The third kappa shape index (κ3) is 4.47. The van der Waals surface area contributed by atoms with Crippen LogP contribution in [0.3, 0.4) is 0 Å². The first-order valence-corrected chi connectivity index (χ1v) is 7.94. The first-order chi connectivity index (χ1) is 10.8. The number of hydrogen-bond acceptors (Lipinski definition) is 2. The van der Waals surface area contributed by atoms with Crippen molar-refractivity contribution in [2.24, 2.45) is 0 Å². The van der Waals surface area contributed by atoms with Crippen molar-refractivity contribution in [3.8, 4) is 0 Å². The molecule has 1 aromatic rings. The summed E-state index contributed by atoms with van der Waals surface area (Å²) in [6, 6.07) is 5.93. The minimum atomic E-state index is -4.39. The lowest BCUT2D eigenvalue weighted by Crippen LogP contribution is -2.44. The molecule has 1 aliphatic heterocycles. The van der Waals surface area contributed by atoms with Crippen LogP contribution in [0.15, 0.2) is 24.3 Å². The molecule has 1 aromatic carbocycles. The first kappa shape index (κ1) is 17.8. The standard InChI is InChI=1S/C17H23F3N2O/c1-12(14-5-3-4-6-15(14)17(18,19)20)11-16(23)22-9-7-13(21-2)8-10-22/h3-6,12-13,21H,7-11H2,1-2H3. The van der Waals surface area contributed by atoms with Crippen molar-refractivity contribution in [1.82, 2.24) is 10.2 Å². The molecule has 1 N–H and O–H groups in total. The summed E-state index contributed by atoms with van der Waals surface area (Å²) in [4.78, 5) is 14.1. The van der Waals surface area contributed by atoms with Crippen molar-refractivity contribution in [3.63, 3.8) is 0 Å². The van der Waals surface area contributed by atoms with Crippen LogP contribution >= 0.6 is 0 Å². The van der Waals surface area contributed by atoms with Gasteiger partial charge in [0.2, 0.25) is 5.91 Å². The number of benzene rings is 1. The quantitative estimate of drug-likeness (QED) is 0.919. The van der Waals surface area contributed by atoms with Crippen LogP contribution in [0, 0.1) is 0 Å². The van der Waals surface area contributed by atoms with E-state index in [1.807, 2.05) is 7.05 Å². The topological polar surface area (TPSA) is 32.3 Å². The summed E-state index contributed by atoms with van der Waals surface area (Å²) in [6.45, 7) is 3.01. The molecule has 0 aromatic heterocycles. The van der Waals surface area contributed by atoms with E-state index < -0.39 is 17.7 Å². The fourth-order valence-corrected chi connectivity index (χ4v) is 3.10. The highest BCUT2D eigenvalue weighted by molar-refractivity contribution is 5.77. The summed E-state index contributed by atoms with van der Waals surface area (Å²) >= 11 is 0. The average Bonchev–Trinajstić information content (AvgIpc) is 2.54. The molecule has 6 heteroatoms. The van der Waals surface area contributed by atoms with E-state index in [1.54, 1.807) is 17.9 Å². The summed E-state index contributed by atoms with van der Waals surface area (Å²) in [6.07, 6.45) is -2.51. The van der Waals surface area contributed by atoms with Crippen LogP contribution in [0.4, 0.5) is 13.2 Å². The number of hydrogen-bond donors (Lipinski definition) is 1. The molecule has 1 unspecified atom stereocenters. The lowest BCUT2D eigenvalue weighted by molar-refractivity contribution is -0.139. The summed E-state index contributed by atoms with van der Waals surface area (Å²) in [5, 5.41) is 3.19. The SMILES string of the molecule is CNC1CCN(C(=O)CC(C)c2ccccc2C(F)(F)F)CC1. The Morgan fingerprint density at radius 1 is 1.30 bits per heavy atom. The fraction of sp³-hybridized carbons (Fsp3) is 0.588. The molecule has 1 aliphatic rings. The van der Waals surface area contributed by atoms with Crippen LogP contribution in [-0.2, 0) is 11.0 Å². The van der Waals surface area contributed by atoms with Crippen molar-refractivity contribution in [2.45, 2.75) is 44.3 Å². The number of nitrogens with zero attached hydrogens (tertiary/aromatic N) is 1. The molecule has 0 spiro atoms. The molecular weight excluding hydrogens is 305 g/mol. The van der Waals surface area contributed by atoms with Crippen molar-refractivity contribution in [2.75, 3.05) is 20.1 Å². The second kappa shape index (κ2) is 7.34. The molecular formula is C17H23F3N2O. The number of likely N-dealkylation sites (tertiary alicyclic amines) is 1. The number of nitrogens with one attached hydrogen (secondary N) is 1. The Morgan fingerprint density at radius 3 is 2.48 bits per heavy atom. The zero-order valence-electron chi connectivity index (χ0n) is 13.5. The van der Waals surface area contributed by atoms with Gasteiger partial charge in [-0.15, -0.1) is 0 Å². The molecule has 0 radical (unpaired) electrons. The zero-order valence-corrected chi connectivity index (χ0v) is 13.5. The van der Waals surface area contributed by atoms with Gasteiger partial charge in [-0.05, 0) is 37.4 Å². The van der Waals surface area contributed by atoms with E-state index in [9.17, 15) is 18.0 Å². The third-order valence-electron chi connectivity index (χ3n) is 4.53. The highest BCUT2D eigenvalue weighted by Gasteiger charge is 2.34. The molecule has 0 bridgehead atoms. The molecule has 1 fully saturated rings. The lowest BCUT2D eigenvalue weighted by Gasteiger charge is -2.32. The van der Waals surface area contributed by atoms with Gasteiger partial charge in [0.25, 0.3) is 0 Å². The van der Waals surface area contributed by atoms with Crippen LogP contribution in [0.5, 0.6) is 0 Å². The Bertz CT molecular complexity index is 537. The maximum Gasteiger partial charge on any atom is 0.416 e. The summed E-state index contributed by atoms with van der Waals surface area (Å²) in [7, 11) is 1.90. The number of amides is 1.